The summed E-state index contributed by atoms with van der Waals surface area (Å²) in [5.74, 6) is 2.08. The molecule has 0 N–H and O–H groups in total. The number of benzene rings is 2. The van der Waals surface area contributed by atoms with Crippen molar-refractivity contribution in [1.82, 2.24) is 14.8 Å². The number of nitrogens with zero attached hydrogens (tertiary/aromatic N) is 4. The highest BCUT2D eigenvalue weighted by atomic mass is 32.2. The van der Waals surface area contributed by atoms with E-state index in [1.165, 1.54) is 31.0 Å². The summed E-state index contributed by atoms with van der Waals surface area (Å²) >= 11 is 1.49. The van der Waals surface area contributed by atoms with E-state index in [9.17, 15) is 4.79 Å². The van der Waals surface area contributed by atoms with Crippen LogP contribution < -0.4 is 9.64 Å². The van der Waals surface area contributed by atoms with E-state index in [1.807, 2.05) is 73.3 Å². The Morgan fingerprint density at radius 1 is 1.06 bits per heavy atom. The van der Waals surface area contributed by atoms with Crippen LogP contribution in [0.1, 0.15) is 52.0 Å². The lowest BCUT2D eigenvalue weighted by molar-refractivity contribution is -0.116. The first-order valence-corrected chi connectivity index (χ1v) is 12.7. The van der Waals surface area contributed by atoms with E-state index in [4.69, 9.17) is 4.74 Å². The van der Waals surface area contributed by atoms with Crippen molar-refractivity contribution in [3.63, 3.8) is 0 Å². The number of para-hydroxylation sites is 1. The number of aromatic nitrogens is 3. The van der Waals surface area contributed by atoms with E-state index in [1.54, 1.807) is 7.11 Å². The maximum atomic E-state index is 13.2. The molecule has 3 aromatic rings. The van der Waals surface area contributed by atoms with Gasteiger partial charge in [0, 0.05) is 23.3 Å². The predicted octanol–water partition coefficient (Wildman–Crippen LogP) is 5.99. The van der Waals surface area contributed by atoms with Crippen molar-refractivity contribution in [3.05, 3.63) is 54.6 Å². The Hall–Kier alpha value is -2.80. The molecule has 1 fully saturated rings. The van der Waals surface area contributed by atoms with E-state index < -0.39 is 0 Å². The summed E-state index contributed by atoms with van der Waals surface area (Å²) < 4.78 is 7.58. The van der Waals surface area contributed by atoms with Gasteiger partial charge in [-0.25, -0.2) is 0 Å². The second kappa shape index (κ2) is 10.9. The predicted molar refractivity (Wildman–Crippen MR) is 134 cm³/mol. The molecule has 6 nitrogen and oxygen atoms in total. The number of hydrogen-bond donors (Lipinski definition) is 0. The summed E-state index contributed by atoms with van der Waals surface area (Å²) in [6, 6.07) is 18.2. The van der Waals surface area contributed by atoms with Crippen LogP contribution in [0.15, 0.2) is 59.8 Å². The lowest BCUT2D eigenvalue weighted by Gasteiger charge is -2.27. The third kappa shape index (κ3) is 5.41. The Balaban J connectivity index is 1.59. The maximum absolute atomic E-state index is 13.2. The third-order valence-electron chi connectivity index (χ3n) is 6.10. The first kappa shape index (κ1) is 23.4. The van der Waals surface area contributed by atoms with Crippen LogP contribution in [0, 0.1) is 0 Å². The van der Waals surface area contributed by atoms with Crippen LogP contribution >= 0.6 is 11.8 Å². The number of rotatable bonds is 8. The molecule has 0 saturated heterocycles. The highest BCUT2D eigenvalue weighted by molar-refractivity contribution is 7.99. The molecule has 0 bridgehead atoms. The van der Waals surface area contributed by atoms with E-state index >= 15 is 0 Å². The summed E-state index contributed by atoms with van der Waals surface area (Å²) in [4.78, 5) is 15.1. The van der Waals surface area contributed by atoms with Crippen LogP contribution in [0.4, 0.5) is 5.69 Å². The summed E-state index contributed by atoms with van der Waals surface area (Å²) in [5, 5.41) is 9.91. The molecule has 1 saturated carbocycles. The minimum absolute atomic E-state index is 0.0744. The normalized spacial score (nSPS) is 14.4. The summed E-state index contributed by atoms with van der Waals surface area (Å²) in [7, 11) is 1.67. The quantitative estimate of drug-likeness (QED) is 0.383. The number of thioether (sulfide) groups is 1. The van der Waals surface area contributed by atoms with Crippen LogP contribution in [-0.2, 0) is 4.79 Å². The van der Waals surface area contributed by atoms with Gasteiger partial charge in [0.15, 0.2) is 11.0 Å². The number of carbonyl (C=O) groups excluding carboxylic acids is 1. The zero-order valence-corrected chi connectivity index (χ0v) is 20.4. The Morgan fingerprint density at radius 3 is 2.39 bits per heavy atom. The number of ether oxygens (including phenoxy) is 1. The van der Waals surface area contributed by atoms with Crippen molar-refractivity contribution in [2.24, 2.45) is 0 Å². The smallest absolute Gasteiger partial charge is 0.237 e. The lowest BCUT2D eigenvalue weighted by Crippen LogP contribution is -2.38. The van der Waals surface area contributed by atoms with Crippen LogP contribution in [0.2, 0.25) is 0 Å². The number of anilines is 1. The van der Waals surface area contributed by atoms with Gasteiger partial charge in [-0.2, -0.15) is 0 Å². The van der Waals surface area contributed by atoms with E-state index in [0.29, 0.717) is 11.8 Å². The Morgan fingerprint density at radius 2 is 1.76 bits per heavy atom. The van der Waals surface area contributed by atoms with Crippen molar-refractivity contribution in [2.45, 2.75) is 63.2 Å². The largest absolute Gasteiger partial charge is 0.497 e. The minimum Gasteiger partial charge on any atom is -0.497 e. The van der Waals surface area contributed by atoms with Crippen molar-refractivity contribution in [1.29, 1.82) is 0 Å². The van der Waals surface area contributed by atoms with Gasteiger partial charge in [-0.05, 0) is 63.1 Å². The van der Waals surface area contributed by atoms with Gasteiger partial charge in [0.25, 0.3) is 0 Å². The van der Waals surface area contributed by atoms with Gasteiger partial charge in [-0.15, -0.1) is 10.2 Å². The molecule has 1 aliphatic carbocycles. The summed E-state index contributed by atoms with van der Waals surface area (Å²) in [6.07, 6.45) is 5.93. The molecule has 0 unspecified atom stereocenters. The second-order valence-electron chi connectivity index (χ2n) is 8.68. The van der Waals surface area contributed by atoms with Gasteiger partial charge in [0.1, 0.15) is 5.75 Å². The van der Waals surface area contributed by atoms with Gasteiger partial charge in [-0.1, -0.05) is 49.2 Å². The molecule has 0 aliphatic heterocycles. The summed E-state index contributed by atoms with van der Waals surface area (Å²) in [5.41, 5.74) is 1.94. The zero-order chi connectivity index (χ0) is 23.2. The van der Waals surface area contributed by atoms with Crippen LogP contribution in [0.5, 0.6) is 5.75 Å². The molecule has 1 aliphatic rings. The Labute approximate surface area is 200 Å². The molecule has 0 spiro atoms. The maximum Gasteiger partial charge on any atom is 0.237 e. The highest BCUT2D eigenvalue weighted by Gasteiger charge is 2.26. The van der Waals surface area contributed by atoms with Crippen molar-refractivity contribution < 1.29 is 9.53 Å². The van der Waals surface area contributed by atoms with Gasteiger partial charge in [0.2, 0.25) is 5.91 Å². The highest BCUT2D eigenvalue weighted by Crippen LogP contribution is 2.36. The number of carbonyl (C=O) groups is 1. The first-order chi connectivity index (χ1) is 16.1. The fourth-order valence-corrected chi connectivity index (χ4v) is 5.36. The van der Waals surface area contributed by atoms with E-state index in [2.05, 4.69) is 14.8 Å². The minimum atomic E-state index is 0.0744. The van der Waals surface area contributed by atoms with Gasteiger partial charge >= 0.3 is 0 Å². The fourth-order valence-electron chi connectivity index (χ4n) is 4.50. The van der Waals surface area contributed by atoms with E-state index in [0.717, 1.165) is 40.8 Å². The molecule has 1 aromatic heterocycles. The molecule has 0 radical (unpaired) electrons. The van der Waals surface area contributed by atoms with Crippen LogP contribution in [-0.4, -0.2) is 39.6 Å². The molecule has 33 heavy (non-hydrogen) atoms. The van der Waals surface area contributed by atoms with Crippen molar-refractivity contribution in [2.75, 3.05) is 17.8 Å². The molecular weight excluding hydrogens is 432 g/mol. The van der Waals surface area contributed by atoms with Gasteiger partial charge < -0.3 is 9.64 Å². The Bertz CT molecular complexity index is 1040. The van der Waals surface area contributed by atoms with Crippen LogP contribution in [0.3, 0.4) is 0 Å². The molecule has 1 amide bonds. The number of amides is 1. The van der Waals surface area contributed by atoms with Gasteiger partial charge in [0.05, 0.1) is 12.9 Å². The first-order valence-electron chi connectivity index (χ1n) is 11.7. The molecule has 4 rings (SSSR count). The molecule has 0 atom stereocenters. The standard InChI is InChI=1S/C26H32N4O2S/c1-19(2)29(21-10-6-4-7-11-21)24(31)18-33-26-28-27-25(20-14-16-23(32-3)17-15-20)30(26)22-12-8-5-9-13-22/h4,6-7,10-11,14-17,19,22H,5,8-9,12-13,18H2,1-3H3. The lowest BCUT2D eigenvalue weighted by atomic mass is 9.95. The molecule has 2 aromatic carbocycles. The second-order valence-corrected chi connectivity index (χ2v) is 9.62. The van der Waals surface area contributed by atoms with Crippen LogP contribution in [0.25, 0.3) is 11.4 Å². The topological polar surface area (TPSA) is 60.3 Å². The average Bonchev–Trinajstić information content (AvgIpc) is 3.28. The molecule has 1 heterocycles. The van der Waals surface area contributed by atoms with Crippen molar-refractivity contribution in [3.8, 4) is 17.1 Å². The fraction of sp³-hybridized carbons (Fsp3) is 0.423. The molecular formula is C26H32N4O2S. The average molecular weight is 465 g/mol. The SMILES string of the molecule is COc1ccc(-c2nnc(SCC(=O)N(c3ccccc3)C(C)C)n2C2CCCCC2)cc1. The molecule has 7 heteroatoms. The number of hydrogen-bond acceptors (Lipinski definition) is 5. The molecule has 174 valence electrons. The third-order valence-corrected chi connectivity index (χ3v) is 7.02. The van der Waals surface area contributed by atoms with Crippen molar-refractivity contribution >= 4 is 23.4 Å². The Kier molecular flexibility index (Phi) is 7.70. The van der Waals surface area contributed by atoms with E-state index in [-0.39, 0.29) is 11.9 Å². The van der Waals surface area contributed by atoms with Gasteiger partial charge in [-0.3, -0.25) is 9.36 Å². The summed E-state index contributed by atoms with van der Waals surface area (Å²) in [6.45, 7) is 4.09. The monoisotopic (exact) mass is 464 g/mol. The number of methoxy groups -OCH3 is 1. The zero-order valence-electron chi connectivity index (χ0n) is 19.6.